The number of rotatable bonds is 5. The number of nitrogens with zero attached hydrogens (tertiary/aromatic N) is 1. The Morgan fingerprint density at radius 3 is 2.71 bits per heavy atom. The Morgan fingerprint density at radius 2 is 2.12 bits per heavy atom. The third-order valence-corrected chi connectivity index (χ3v) is 4.73. The Balaban J connectivity index is 1.81. The molecule has 2 rings (SSSR count). The molecule has 0 aromatic heterocycles. The van der Waals surface area contributed by atoms with E-state index in [0.717, 1.165) is 12.3 Å². The lowest BCUT2D eigenvalue weighted by molar-refractivity contribution is 0.227. The standard InChI is InChI=1S/C14H26N2S/c1-2-12-4-3-8-16(9-5-12)11-14(6-7-14)10-13(15)17/h12H,2-11H2,1H3,(H2,15,17). The zero-order valence-corrected chi connectivity index (χ0v) is 11.9. The molecule has 1 atom stereocenters. The van der Waals surface area contributed by atoms with Crippen LogP contribution in [0.15, 0.2) is 0 Å². The summed E-state index contributed by atoms with van der Waals surface area (Å²) in [4.78, 5) is 3.38. The number of nitrogens with two attached hydrogens (primary N) is 1. The van der Waals surface area contributed by atoms with E-state index in [0.29, 0.717) is 10.4 Å². The predicted octanol–water partition coefficient (Wildman–Crippen LogP) is 2.95. The minimum atomic E-state index is 0.470. The van der Waals surface area contributed by atoms with Gasteiger partial charge in [-0.25, -0.2) is 0 Å². The van der Waals surface area contributed by atoms with Crippen molar-refractivity contribution in [3.05, 3.63) is 0 Å². The molecular formula is C14H26N2S. The lowest BCUT2D eigenvalue weighted by Crippen LogP contribution is -2.33. The molecule has 0 aromatic rings. The summed E-state index contributed by atoms with van der Waals surface area (Å²) in [6.07, 6.45) is 9.18. The first-order valence-electron chi connectivity index (χ1n) is 7.14. The molecule has 3 heteroatoms. The molecule has 0 amide bonds. The van der Waals surface area contributed by atoms with Crippen molar-refractivity contribution in [1.82, 2.24) is 4.90 Å². The molecule has 2 fully saturated rings. The molecule has 1 aliphatic carbocycles. The summed E-state index contributed by atoms with van der Waals surface area (Å²) in [6.45, 7) is 6.14. The van der Waals surface area contributed by atoms with E-state index in [1.54, 1.807) is 0 Å². The van der Waals surface area contributed by atoms with E-state index in [9.17, 15) is 0 Å². The predicted molar refractivity (Wildman–Crippen MR) is 77.1 cm³/mol. The normalized spacial score (nSPS) is 28.6. The van der Waals surface area contributed by atoms with Crippen molar-refractivity contribution in [2.45, 2.75) is 51.9 Å². The van der Waals surface area contributed by atoms with Gasteiger partial charge < -0.3 is 10.6 Å². The minimum absolute atomic E-state index is 0.470. The monoisotopic (exact) mass is 254 g/mol. The second-order valence-corrected chi connectivity index (χ2v) is 6.65. The van der Waals surface area contributed by atoms with Crippen LogP contribution in [0.4, 0.5) is 0 Å². The molecular weight excluding hydrogens is 228 g/mol. The largest absolute Gasteiger partial charge is 0.393 e. The van der Waals surface area contributed by atoms with Crippen molar-refractivity contribution in [3.63, 3.8) is 0 Å². The van der Waals surface area contributed by atoms with Crippen LogP contribution in [0.25, 0.3) is 0 Å². The van der Waals surface area contributed by atoms with Crippen molar-refractivity contribution in [2.75, 3.05) is 19.6 Å². The van der Waals surface area contributed by atoms with Crippen LogP contribution in [0.1, 0.15) is 51.9 Å². The quantitative estimate of drug-likeness (QED) is 0.765. The Hall–Kier alpha value is -0.150. The topological polar surface area (TPSA) is 29.3 Å². The maximum atomic E-state index is 5.71. The third-order valence-electron chi connectivity index (χ3n) is 4.58. The summed E-state index contributed by atoms with van der Waals surface area (Å²) >= 11 is 5.07. The molecule has 1 saturated carbocycles. The third kappa shape index (κ3) is 3.92. The van der Waals surface area contributed by atoms with Crippen LogP contribution in [0.3, 0.4) is 0 Å². The molecule has 2 aliphatic rings. The van der Waals surface area contributed by atoms with Crippen LogP contribution < -0.4 is 5.73 Å². The van der Waals surface area contributed by atoms with E-state index in [1.165, 1.54) is 58.2 Å². The summed E-state index contributed by atoms with van der Waals surface area (Å²) < 4.78 is 0. The summed E-state index contributed by atoms with van der Waals surface area (Å²) in [6, 6.07) is 0. The molecule has 1 heterocycles. The lowest BCUT2D eigenvalue weighted by Gasteiger charge is -2.26. The van der Waals surface area contributed by atoms with Gasteiger partial charge >= 0.3 is 0 Å². The van der Waals surface area contributed by atoms with Gasteiger partial charge in [-0.05, 0) is 56.5 Å². The number of thiocarbonyl (C=S) groups is 1. The molecule has 2 nitrogen and oxygen atoms in total. The van der Waals surface area contributed by atoms with E-state index in [1.807, 2.05) is 0 Å². The van der Waals surface area contributed by atoms with E-state index in [-0.39, 0.29) is 0 Å². The van der Waals surface area contributed by atoms with Gasteiger partial charge in [0.2, 0.25) is 0 Å². The first-order chi connectivity index (χ1) is 8.13. The van der Waals surface area contributed by atoms with Gasteiger partial charge in [0.1, 0.15) is 0 Å². The fourth-order valence-corrected chi connectivity index (χ4v) is 3.51. The maximum Gasteiger partial charge on any atom is 0.0733 e. The zero-order valence-electron chi connectivity index (χ0n) is 11.1. The Morgan fingerprint density at radius 1 is 1.35 bits per heavy atom. The fraction of sp³-hybridized carbons (Fsp3) is 0.929. The molecule has 1 unspecified atom stereocenters. The maximum absolute atomic E-state index is 5.71. The average molecular weight is 254 g/mol. The molecule has 98 valence electrons. The van der Waals surface area contributed by atoms with Crippen molar-refractivity contribution in [1.29, 1.82) is 0 Å². The molecule has 0 spiro atoms. The van der Waals surface area contributed by atoms with Crippen LogP contribution in [0.5, 0.6) is 0 Å². The smallest absolute Gasteiger partial charge is 0.0733 e. The number of hydrogen-bond acceptors (Lipinski definition) is 2. The van der Waals surface area contributed by atoms with E-state index >= 15 is 0 Å². The van der Waals surface area contributed by atoms with Gasteiger partial charge in [-0.2, -0.15) is 0 Å². The van der Waals surface area contributed by atoms with Gasteiger partial charge in [0.25, 0.3) is 0 Å². The van der Waals surface area contributed by atoms with Gasteiger partial charge in [-0.3, -0.25) is 0 Å². The second-order valence-electron chi connectivity index (χ2n) is 6.12. The van der Waals surface area contributed by atoms with Crippen LogP contribution >= 0.6 is 12.2 Å². The highest BCUT2D eigenvalue weighted by Crippen LogP contribution is 2.49. The Bertz CT molecular complexity index is 273. The molecule has 0 aromatic carbocycles. The summed E-state index contributed by atoms with van der Waals surface area (Å²) in [7, 11) is 0. The van der Waals surface area contributed by atoms with Crippen LogP contribution in [-0.2, 0) is 0 Å². The van der Waals surface area contributed by atoms with E-state index in [2.05, 4.69) is 11.8 Å². The van der Waals surface area contributed by atoms with Gasteiger partial charge in [0.05, 0.1) is 4.99 Å². The van der Waals surface area contributed by atoms with Gasteiger partial charge in [0.15, 0.2) is 0 Å². The molecule has 1 aliphatic heterocycles. The molecule has 2 N–H and O–H groups in total. The second kappa shape index (κ2) is 5.66. The summed E-state index contributed by atoms with van der Waals surface area (Å²) in [5.41, 5.74) is 6.18. The van der Waals surface area contributed by atoms with Crippen molar-refractivity contribution in [2.24, 2.45) is 17.1 Å². The van der Waals surface area contributed by atoms with Gasteiger partial charge in [0, 0.05) is 13.0 Å². The lowest BCUT2D eigenvalue weighted by atomic mass is 9.98. The highest BCUT2D eigenvalue weighted by Gasteiger charge is 2.44. The Kier molecular flexibility index (Phi) is 4.42. The van der Waals surface area contributed by atoms with Crippen LogP contribution in [-0.4, -0.2) is 29.5 Å². The van der Waals surface area contributed by atoms with E-state index < -0.39 is 0 Å². The van der Waals surface area contributed by atoms with Crippen LogP contribution in [0, 0.1) is 11.3 Å². The molecule has 17 heavy (non-hydrogen) atoms. The van der Waals surface area contributed by atoms with Crippen molar-refractivity contribution in [3.8, 4) is 0 Å². The Labute approximate surface area is 111 Å². The van der Waals surface area contributed by atoms with Gasteiger partial charge in [-0.1, -0.05) is 25.6 Å². The van der Waals surface area contributed by atoms with Gasteiger partial charge in [-0.15, -0.1) is 0 Å². The van der Waals surface area contributed by atoms with Crippen molar-refractivity contribution >= 4 is 17.2 Å². The summed E-state index contributed by atoms with van der Waals surface area (Å²) in [5.74, 6) is 0.964. The first-order valence-corrected chi connectivity index (χ1v) is 7.55. The molecule has 1 saturated heterocycles. The SMILES string of the molecule is CCC1CCCN(CC2(CC(N)=S)CC2)CC1. The first kappa shape index (κ1) is 13.3. The minimum Gasteiger partial charge on any atom is -0.393 e. The molecule has 0 bridgehead atoms. The number of hydrogen-bond donors (Lipinski definition) is 1. The number of likely N-dealkylation sites (tertiary alicyclic amines) is 1. The molecule has 0 radical (unpaired) electrons. The van der Waals surface area contributed by atoms with Crippen LogP contribution in [0.2, 0.25) is 0 Å². The highest BCUT2D eigenvalue weighted by molar-refractivity contribution is 7.80. The van der Waals surface area contributed by atoms with Crippen molar-refractivity contribution < 1.29 is 0 Å². The highest BCUT2D eigenvalue weighted by atomic mass is 32.1. The summed E-state index contributed by atoms with van der Waals surface area (Å²) in [5, 5.41) is 0. The van der Waals surface area contributed by atoms with E-state index in [4.69, 9.17) is 18.0 Å². The fourth-order valence-electron chi connectivity index (χ4n) is 3.20. The average Bonchev–Trinajstić information content (AvgIpc) is 3.03. The zero-order chi connectivity index (χ0) is 12.3.